The second-order valence-electron chi connectivity index (χ2n) is 6.51. The third-order valence-corrected chi connectivity index (χ3v) is 4.59. The highest BCUT2D eigenvalue weighted by atomic mass is 19.1. The summed E-state index contributed by atoms with van der Waals surface area (Å²) in [6, 6.07) is 9.51. The van der Waals surface area contributed by atoms with Crippen LogP contribution in [0.2, 0.25) is 0 Å². The molecule has 1 aromatic carbocycles. The number of benzene rings is 1. The van der Waals surface area contributed by atoms with Gasteiger partial charge in [-0.1, -0.05) is 37.5 Å². The first kappa shape index (κ1) is 18.0. The van der Waals surface area contributed by atoms with E-state index in [4.69, 9.17) is 0 Å². The molecule has 1 aliphatic carbocycles. The minimum Gasteiger partial charge on any atom is -0.349 e. The van der Waals surface area contributed by atoms with Crippen LogP contribution in [0.3, 0.4) is 0 Å². The Balaban J connectivity index is 1.61. The monoisotopic (exact) mass is 355 g/mol. The highest BCUT2D eigenvalue weighted by Crippen LogP contribution is 2.18. The number of rotatable bonds is 5. The third kappa shape index (κ3) is 4.65. The SMILES string of the molecule is O=C(NC1CCCCC1)c1ccnc(C(=O)NCc2ccccc2F)c1. The van der Waals surface area contributed by atoms with Gasteiger partial charge in [0.05, 0.1) is 0 Å². The Hall–Kier alpha value is -2.76. The summed E-state index contributed by atoms with van der Waals surface area (Å²) in [5.74, 6) is -1.01. The molecule has 2 amide bonds. The van der Waals surface area contributed by atoms with E-state index in [9.17, 15) is 14.0 Å². The molecule has 136 valence electrons. The molecule has 0 bridgehead atoms. The van der Waals surface area contributed by atoms with E-state index in [0.717, 1.165) is 25.7 Å². The number of halogens is 1. The van der Waals surface area contributed by atoms with Crippen LogP contribution >= 0.6 is 0 Å². The van der Waals surface area contributed by atoms with Gasteiger partial charge in [0.1, 0.15) is 11.5 Å². The number of aromatic nitrogens is 1. The van der Waals surface area contributed by atoms with Crippen LogP contribution in [0.15, 0.2) is 42.6 Å². The summed E-state index contributed by atoms with van der Waals surface area (Å²) in [6.07, 6.45) is 6.90. The molecule has 5 nitrogen and oxygen atoms in total. The molecule has 0 saturated heterocycles. The van der Waals surface area contributed by atoms with Crippen LogP contribution in [0.25, 0.3) is 0 Å². The van der Waals surface area contributed by atoms with E-state index in [-0.39, 0.29) is 30.0 Å². The van der Waals surface area contributed by atoms with Gasteiger partial charge in [-0.25, -0.2) is 4.39 Å². The fourth-order valence-electron chi connectivity index (χ4n) is 3.12. The molecule has 1 heterocycles. The van der Waals surface area contributed by atoms with Crippen molar-refractivity contribution in [2.24, 2.45) is 0 Å². The molecule has 26 heavy (non-hydrogen) atoms. The van der Waals surface area contributed by atoms with E-state index in [1.165, 1.54) is 24.8 Å². The Labute approximate surface area is 152 Å². The topological polar surface area (TPSA) is 71.1 Å². The zero-order chi connectivity index (χ0) is 18.4. The molecule has 0 aliphatic heterocycles. The van der Waals surface area contributed by atoms with Gasteiger partial charge >= 0.3 is 0 Å². The summed E-state index contributed by atoms with van der Waals surface area (Å²) < 4.78 is 13.6. The second-order valence-corrected chi connectivity index (χ2v) is 6.51. The molecule has 6 heteroatoms. The Morgan fingerprint density at radius 2 is 1.85 bits per heavy atom. The zero-order valence-corrected chi connectivity index (χ0v) is 14.5. The molecule has 1 saturated carbocycles. The van der Waals surface area contributed by atoms with Crippen molar-refractivity contribution < 1.29 is 14.0 Å². The van der Waals surface area contributed by atoms with Crippen LogP contribution in [-0.4, -0.2) is 22.8 Å². The number of amides is 2. The molecule has 3 rings (SSSR count). The number of hydrogen-bond donors (Lipinski definition) is 2. The van der Waals surface area contributed by atoms with Gasteiger partial charge in [-0.3, -0.25) is 14.6 Å². The van der Waals surface area contributed by atoms with Gasteiger partial charge in [0.2, 0.25) is 0 Å². The van der Waals surface area contributed by atoms with E-state index in [1.807, 2.05) is 0 Å². The molecule has 1 aliphatic rings. The Bertz CT molecular complexity index is 788. The summed E-state index contributed by atoms with van der Waals surface area (Å²) in [5.41, 5.74) is 0.936. The van der Waals surface area contributed by atoms with Crippen molar-refractivity contribution >= 4 is 11.8 Å². The lowest BCUT2D eigenvalue weighted by Gasteiger charge is -2.22. The largest absolute Gasteiger partial charge is 0.349 e. The maximum atomic E-state index is 13.6. The lowest BCUT2D eigenvalue weighted by atomic mass is 9.95. The van der Waals surface area contributed by atoms with Gasteiger partial charge in [0, 0.05) is 29.9 Å². The quantitative estimate of drug-likeness (QED) is 0.865. The fourth-order valence-corrected chi connectivity index (χ4v) is 3.12. The lowest BCUT2D eigenvalue weighted by Crippen LogP contribution is -2.36. The van der Waals surface area contributed by atoms with Crippen LogP contribution < -0.4 is 10.6 Å². The minimum atomic E-state index is -0.444. The number of pyridine rings is 1. The van der Waals surface area contributed by atoms with Crippen molar-refractivity contribution in [3.05, 3.63) is 65.2 Å². The van der Waals surface area contributed by atoms with Gasteiger partial charge in [-0.15, -0.1) is 0 Å². The summed E-state index contributed by atoms with van der Waals surface area (Å²) in [4.78, 5) is 28.7. The number of nitrogens with zero attached hydrogens (tertiary/aromatic N) is 1. The van der Waals surface area contributed by atoms with Gasteiger partial charge in [0.15, 0.2) is 0 Å². The first-order valence-corrected chi connectivity index (χ1v) is 8.92. The van der Waals surface area contributed by atoms with Crippen LogP contribution in [0.4, 0.5) is 4.39 Å². The first-order chi connectivity index (χ1) is 12.6. The Kier molecular flexibility index (Phi) is 5.94. The number of carbonyl (C=O) groups excluding carboxylic acids is 2. The number of carbonyl (C=O) groups is 2. The zero-order valence-electron chi connectivity index (χ0n) is 14.5. The van der Waals surface area contributed by atoms with E-state index in [1.54, 1.807) is 24.3 Å². The van der Waals surface area contributed by atoms with E-state index in [0.29, 0.717) is 11.1 Å². The van der Waals surface area contributed by atoms with Crippen molar-refractivity contribution in [2.75, 3.05) is 0 Å². The maximum Gasteiger partial charge on any atom is 0.270 e. The van der Waals surface area contributed by atoms with E-state index in [2.05, 4.69) is 15.6 Å². The van der Waals surface area contributed by atoms with Crippen molar-refractivity contribution in [1.82, 2.24) is 15.6 Å². The standard InChI is InChI=1S/C20H22FN3O2/c21-17-9-5-4-6-15(17)13-23-20(26)18-12-14(10-11-22-18)19(25)24-16-7-2-1-3-8-16/h4-6,9-12,16H,1-3,7-8,13H2,(H,23,26)(H,24,25). The normalized spacial score (nSPS) is 14.7. The molecule has 2 N–H and O–H groups in total. The van der Waals surface area contributed by atoms with Crippen molar-refractivity contribution in [3.8, 4) is 0 Å². The second kappa shape index (κ2) is 8.56. The molecule has 0 atom stereocenters. The third-order valence-electron chi connectivity index (χ3n) is 4.59. The predicted molar refractivity (Wildman–Crippen MR) is 96.1 cm³/mol. The summed E-state index contributed by atoms with van der Waals surface area (Å²) in [7, 11) is 0. The number of hydrogen-bond acceptors (Lipinski definition) is 3. The lowest BCUT2D eigenvalue weighted by molar-refractivity contribution is 0.0927. The predicted octanol–water partition coefficient (Wildman–Crippen LogP) is 3.21. The van der Waals surface area contributed by atoms with Gasteiger partial charge in [-0.05, 0) is 31.0 Å². The molecule has 1 aromatic heterocycles. The van der Waals surface area contributed by atoms with Crippen molar-refractivity contribution in [3.63, 3.8) is 0 Å². The first-order valence-electron chi connectivity index (χ1n) is 8.92. The summed E-state index contributed by atoms with van der Waals surface area (Å²) in [5, 5.41) is 5.65. The molecular formula is C20H22FN3O2. The molecule has 1 fully saturated rings. The van der Waals surface area contributed by atoms with Crippen LogP contribution in [-0.2, 0) is 6.54 Å². The van der Waals surface area contributed by atoms with Crippen molar-refractivity contribution in [2.45, 2.75) is 44.7 Å². The molecular weight excluding hydrogens is 333 g/mol. The number of nitrogens with one attached hydrogen (secondary N) is 2. The minimum absolute atomic E-state index is 0.0612. The fraction of sp³-hybridized carbons (Fsp3) is 0.350. The Morgan fingerprint density at radius 3 is 2.62 bits per heavy atom. The Morgan fingerprint density at radius 1 is 1.08 bits per heavy atom. The van der Waals surface area contributed by atoms with E-state index < -0.39 is 5.91 Å². The summed E-state index contributed by atoms with van der Waals surface area (Å²) in [6.45, 7) is 0.0612. The van der Waals surface area contributed by atoms with Crippen LogP contribution in [0.5, 0.6) is 0 Å². The smallest absolute Gasteiger partial charge is 0.270 e. The average molecular weight is 355 g/mol. The summed E-state index contributed by atoms with van der Waals surface area (Å²) >= 11 is 0. The van der Waals surface area contributed by atoms with Crippen LogP contribution in [0.1, 0.15) is 58.5 Å². The highest BCUT2D eigenvalue weighted by Gasteiger charge is 2.18. The van der Waals surface area contributed by atoms with Gasteiger partial charge in [-0.2, -0.15) is 0 Å². The van der Waals surface area contributed by atoms with Gasteiger partial charge < -0.3 is 10.6 Å². The maximum absolute atomic E-state index is 13.6. The van der Waals surface area contributed by atoms with Gasteiger partial charge in [0.25, 0.3) is 11.8 Å². The molecule has 2 aromatic rings. The van der Waals surface area contributed by atoms with E-state index >= 15 is 0 Å². The van der Waals surface area contributed by atoms with Crippen LogP contribution in [0, 0.1) is 5.82 Å². The molecule has 0 unspecified atom stereocenters. The average Bonchev–Trinajstić information content (AvgIpc) is 2.68. The molecule has 0 spiro atoms. The molecule has 0 radical (unpaired) electrons. The highest BCUT2D eigenvalue weighted by molar-refractivity contribution is 5.98. The van der Waals surface area contributed by atoms with Crippen molar-refractivity contribution in [1.29, 1.82) is 0 Å².